The van der Waals surface area contributed by atoms with E-state index < -0.39 is 118 Å². The molecular formula is C99H116FN23O21. The van der Waals surface area contributed by atoms with Gasteiger partial charge in [-0.3, -0.25) is 121 Å². The Hall–Kier alpha value is -15.0. The van der Waals surface area contributed by atoms with Crippen LogP contribution in [0.4, 0.5) is 4.39 Å². The van der Waals surface area contributed by atoms with Crippen LogP contribution in [0.3, 0.4) is 0 Å². The van der Waals surface area contributed by atoms with E-state index in [1.807, 2.05) is 55.5 Å². The Bertz CT molecular complexity index is 8770. The summed E-state index contributed by atoms with van der Waals surface area (Å²) in [6.07, 6.45) is 28.4. The number of benzene rings is 2. The highest BCUT2D eigenvalue weighted by Gasteiger charge is 2.43. The molecule has 8 saturated carbocycles. The largest absolute Gasteiger partial charge is 0.332 e. The molecule has 12 aromatic heterocycles. The third kappa shape index (κ3) is 18.9. The molecule has 0 spiro atoms. The number of nitrogens with zero attached hydrogens (tertiary/aromatic N) is 18. The molecule has 0 radical (unpaired) electrons. The van der Waals surface area contributed by atoms with Gasteiger partial charge in [0.15, 0.2) is 5.82 Å². The summed E-state index contributed by atoms with van der Waals surface area (Å²) in [6.45, 7) is 3.42. The maximum Gasteiger partial charge on any atom is 0.331 e. The Kier molecular flexibility index (Phi) is 28.3. The quantitative estimate of drug-likeness (QED) is 0.0426. The van der Waals surface area contributed by atoms with E-state index in [0.717, 1.165) is 177 Å². The average molecular weight is 1980 g/mol. The second-order valence-electron chi connectivity index (χ2n) is 39.5. The Balaban J connectivity index is 0.000000119. The summed E-state index contributed by atoms with van der Waals surface area (Å²) in [7, 11) is 5.40. The van der Waals surface area contributed by atoms with Crippen LogP contribution >= 0.6 is 0 Å². The highest BCUT2D eigenvalue weighted by molar-refractivity contribution is 5.86. The van der Waals surface area contributed by atoms with E-state index in [2.05, 4.69) is 40.0 Å². The summed E-state index contributed by atoms with van der Waals surface area (Å²) in [4.78, 5) is 277. The number of hydrogen-bond donors (Lipinski definition) is 5. The van der Waals surface area contributed by atoms with E-state index in [9.17, 15) is 100 Å². The van der Waals surface area contributed by atoms with Crippen molar-refractivity contribution in [2.75, 3.05) is 0 Å². The predicted molar refractivity (Wildman–Crippen MR) is 534 cm³/mol. The number of aromatic nitrogens is 23. The van der Waals surface area contributed by atoms with E-state index in [1.165, 1.54) is 84.0 Å². The molecule has 0 atom stereocenters. The van der Waals surface area contributed by atoms with Crippen molar-refractivity contribution in [2.45, 2.75) is 294 Å². The Labute approximate surface area is 811 Å². The Morgan fingerprint density at radius 3 is 1.10 bits per heavy atom. The first kappa shape index (κ1) is 99.2. The van der Waals surface area contributed by atoms with E-state index in [4.69, 9.17) is 4.52 Å². The minimum absolute atomic E-state index is 0.0138. The second kappa shape index (κ2) is 41.2. The average Bonchev–Trinajstić information content (AvgIpc) is 1.49. The van der Waals surface area contributed by atoms with Gasteiger partial charge in [0.05, 0.1) is 6.54 Å². The van der Waals surface area contributed by atoms with Crippen LogP contribution in [0.25, 0.3) is 77.5 Å². The molecule has 2 aromatic carbocycles. The van der Waals surface area contributed by atoms with Crippen LogP contribution in [0.2, 0.25) is 0 Å². The molecule has 0 aliphatic heterocycles. The molecule has 44 nitrogen and oxygen atoms in total. The lowest BCUT2D eigenvalue weighted by Crippen LogP contribution is -2.47. The molecule has 0 saturated heterocycles. The Morgan fingerprint density at radius 1 is 0.361 bits per heavy atom. The number of pyridine rings is 1. The van der Waals surface area contributed by atoms with Crippen molar-refractivity contribution in [3.63, 3.8) is 0 Å². The number of rotatable bonds is 26. The SMILES string of the molecule is CCCCn1c(=O)n(CCCCc2noc(-c3ccccn3)n2)c(=O)c2[nH]c(=O)n(C3CCC3)c(=O)c21.Cn1c(=O)c2[nH]c(=O)n(C3CCC3)c(=O)c2n(CCC2CCC2)c1=O.Cn1c(=O)c2[nH]c(=O)n(C3CCC3)c(=O)c2n(CCC2CCCC2)c1=O.Cn1c(=O)c2[nH]c(=O)n(C3CCC3)c(=O)c2n(CCCC2(F)CC2)c1=O.Cn1c(=O)c2[nH]c(=O)n(C3CCC3)c(=O)c2n(Cc2cccc3ccccc23)c1=O. The number of aryl methyl sites for hydroxylation is 5. The normalized spacial score (nSPS) is 16.4. The van der Waals surface area contributed by atoms with Gasteiger partial charge in [-0.25, -0.2) is 52.3 Å². The van der Waals surface area contributed by atoms with Crippen molar-refractivity contribution >= 4 is 65.9 Å². The molecular weight excluding hydrogens is 1870 g/mol. The molecule has 760 valence electrons. The number of halogens is 1. The van der Waals surface area contributed by atoms with Crippen LogP contribution in [0.1, 0.15) is 254 Å². The maximum absolute atomic E-state index is 13.9. The fourth-order valence-corrected chi connectivity index (χ4v) is 20.4. The summed E-state index contributed by atoms with van der Waals surface area (Å²) < 4.78 is 36.4. The predicted octanol–water partition coefficient (Wildman–Crippen LogP) is 5.36. The fourth-order valence-electron chi connectivity index (χ4n) is 20.4. The minimum Gasteiger partial charge on any atom is -0.332 e. The number of fused-ring (bicyclic) bond motifs is 6. The van der Waals surface area contributed by atoms with Crippen molar-refractivity contribution in [2.24, 2.45) is 40.0 Å². The number of hydrogen-bond acceptors (Lipinski definition) is 24. The molecule has 0 unspecified atom stereocenters. The zero-order chi connectivity index (χ0) is 102. The van der Waals surface area contributed by atoms with E-state index >= 15 is 0 Å². The monoisotopic (exact) mass is 1980 g/mol. The third-order valence-electron chi connectivity index (χ3n) is 30.5. The molecule has 14 aromatic rings. The molecule has 144 heavy (non-hydrogen) atoms. The van der Waals surface area contributed by atoms with Crippen LogP contribution in [0, 0.1) is 11.8 Å². The van der Waals surface area contributed by atoms with Gasteiger partial charge in [-0.15, -0.1) is 0 Å². The molecule has 22 rings (SSSR count). The molecule has 8 aliphatic rings. The van der Waals surface area contributed by atoms with Crippen molar-refractivity contribution < 1.29 is 8.91 Å². The summed E-state index contributed by atoms with van der Waals surface area (Å²) >= 11 is 0. The molecule has 8 aliphatic carbocycles. The first-order valence-corrected chi connectivity index (χ1v) is 50.1. The van der Waals surface area contributed by atoms with Crippen LogP contribution < -0.4 is 112 Å². The molecule has 5 N–H and O–H groups in total. The lowest BCUT2D eigenvalue weighted by Gasteiger charge is -2.27. The number of alkyl halides is 1. The van der Waals surface area contributed by atoms with Gasteiger partial charge in [-0.1, -0.05) is 112 Å². The highest BCUT2D eigenvalue weighted by Crippen LogP contribution is 2.44. The van der Waals surface area contributed by atoms with Gasteiger partial charge in [0.1, 0.15) is 66.5 Å². The van der Waals surface area contributed by atoms with E-state index in [1.54, 1.807) is 18.3 Å². The van der Waals surface area contributed by atoms with Gasteiger partial charge in [0.25, 0.3) is 61.5 Å². The van der Waals surface area contributed by atoms with Gasteiger partial charge in [0, 0.05) is 104 Å². The summed E-state index contributed by atoms with van der Waals surface area (Å²) in [5.41, 5.74) is -12.2. The zero-order valence-electron chi connectivity index (χ0n) is 81.0. The first-order chi connectivity index (χ1) is 69.3. The maximum atomic E-state index is 13.9. The minimum atomic E-state index is -1.15. The van der Waals surface area contributed by atoms with Gasteiger partial charge in [0.2, 0.25) is 0 Å². The number of H-pyrrole nitrogens is 5. The van der Waals surface area contributed by atoms with Gasteiger partial charge < -0.3 is 29.4 Å². The molecule has 0 bridgehead atoms. The van der Waals surface area contributed by atoms with Crippen molar-refractivity contribution in [3.8, 4) is 11.6 Å². The Morgan fingerprint density at radius 2 is 0.715 bits per heavy atom. The van der Waals surface area contributed by atoms with Crippen molar-refractivity contribution in [3.05, 3.63) is 287 Å². The summed E-state index contributed by atoms with van der Waals surface area (Å²) in [5.74, 6) is 1.95. The topological polar surface area (TPSA) is 546 Å². The van der Waals surface area contributed by atoms with E-state index in [0.29, 0.717) is 107 Å². The highest BCUT2D eigenvalue weighted by atomic mass is 19.1. The van der Waals surface area contributed by atoms with E-state index in [-0.39, 0.29) is 112 Å². The zero-order valence-corrected chi connectivity index (χ0v) is 81.0. The molecule has 45 heteroatoms. The third-order valence-corrected chi connectivity index (χ3v) is 30.5. The number of aromatic amines is 5. The van der Waals surface area contributed by atoms with Gasteiger partial charge in [-0.2, -0.15) is 4.98 Å². The van der Waals surface area contributed by atoms with Gasteiger partial charge >= 0.3 is 56.9 Å². The lowest BCUT2D eigenvalue weighted by molar-refractivity contribution is 0.278. The number of nitrogens with one attached hydrogen (secondary N) is 5. The van der Waals surface area contributed by atoms with Crippen LogP contribution in [-0.2, 0) is 73.9 Å². The van der Waals surface area contributed by atoms with Crippen LogP contribution in [0.5, 0.6) is 0 Å². The standard InChI is InChI=1S/C25H29N7O5.C22H20N4O4.C18H24N4O4.C17H21FN4O4.C17H22N4O4/c1-2-3-14-30-20-19(28-24(35)32(23(20)34)16-9-8-10-16)22(33)31(25(30)36)15-7-5-12-18-27-21(37-29-18)17-11-4-6-13-26-17;1-24-19(27)17-18(20(28)26(21(29)23-17)15-9-5-10-15)25(22(24)30)12-14-8-4-7-13-6-2-3-11-16(13)14;1-20-15(23)13-14(16(24)22(17(25)19-13)12-7-4-8-12)21(18(20)26)10-9-11-5-2-3-6-11;1-20-13(23)11-12(14(24)22(15(25)19-11)10-4-2-5-10)21(16(20)26)9-3-6-17(18)7-8-17;1-19-14(22)12-13(20(17(19)25)9-8-10-4-2-5-10)15(23)21(16(24)18-12)11-6-3-7-11/h4,6,11,13,16H,2-3,5,7-10,12,14-15H2,1H3,(H,28,35);2-4,6-8,11,15H,5,9-10,12H2,1H3,(H,23,29);11-12H,2-10H2,1H3,(H,19,25);10H,2-9H2,1H3,(H,19,25);10-11H,2-9H2,1H3,(H,18,24). The van der Waals surface area contributed by atoms with Crippen LogP contribution in [-0.4, -0.2) is 114 Å². The lowest BCUT2D eigenvalue weighted by atomic mass is 9.83. The van der Waals surface area contributed by atoms with Crippen molar-refractivity contribution in [1.29, 1.82) is 0 Å². The summed E-state index contributed by atoms with van der Waals surface area (Å²) in [6, 6.07) is 18.1. The van der Waals surface area contributed by atoms with Crippen LogP contribution in [0.15, 0.2) is 167 Å². The molecule has 0 amide bonds. The van der Waals surface area contributed by atoms with Gasteiger partial charge in [-0.05, 0) is 194 Å². The number of unbranched alkanes of at least 4 members (excludes halogenated alkanes) is 2. The molecule has 8 fully saturated rings. The smallest absolute Gasteiger partial charge is 0.331 e. The second-order valence-corrected chi connectivity index (χ2v) is 39.5. The summed E-state index contributed by atoms with van der Waals surface area (Å²) in [5, 5.41) is 5.94. The first-order valence-electron chi connectivity index (χ1n) is 50.1. The van der Waals surface area contributed by atoms with Crippen molar-refractivity contribution in [1.82, 2.24) is 109 Å². The fraction of sp³-hybridized carbons (Fsp3) is 0.525. The molecule has 12 heterocycles.